The lowest BCUT2D eigenvalue weighted by Crippen LogP contribution is -1.89. The van der Waals surface area contributed by atoms with Crippen LogP contribution in [0.2, 0.25) is 0 Å². The molecule has 0 amide bonds. The van der Waals surface area contributed by atoms with Crippen molar-refractivity contribution in [1.29, 1.82) is 0 Å². The van der Waals surface area contributed by atoms with Gasteiger partial charge in [-0.25, -0.2) is 4.39 Å². The maximum absolute atomic E-state index is 13.9. The predicted molar refractivity (Wildman–Crippen MR) is 66.2 cm³/mol. The molecular weight excluding hydrogens is 283 g/mol. The molecule has 1 aromatic heterocycles. The molecule has 0 bridgehead atoms. The Morgan fingerprint density at radius 2 is 2.36 bits per heavy atom. The summed E-state index contributed by atoms with van der Waals surface area (Å²) in [7, 11) is 0. The molecule has 0 N–H and O–H groups in total. The number of alkyl halides is 1. The maximum Gasteiger partial charge on any atom is 0.146 e. The molecule has 0 aliphatic heterocycles. The van der Waals surface area contributed by atoms with Crippen molar-refractivity contribution in [3.8, 4) is 0 Å². The van der Waals surface area contributed by atoms with Crippen molar-refractivity contribution in [2.24, 2.45) is 0 Å². The van der Waals surface area contributed by atoms with Gasteiger partial charge in [-0.3, -0.25) is 0 Å². The first-order valence-electron chi connectivity index (χ1n) is 4.06. The second-order valence-electron chi connectivity index (χ2n) is 2.84. The van der Waals surface area contributed by atoms with Gasteiger partial charge in [0.2, 0.25) is 0 Å². The fraction of sp³-hybridized carbons (Fsp3) is 0.200. The van der Waals surface area contributed by atoms with Gasteiger partial charge in [0.1, 0.15) is 5.82 Å². The van der Waals surface area contributed by atoms with E-state index in [-0.39, 0.29) is 5.82 Å². The summed E-state index contributed by atoms with van der Waals surface area (Å²) < 4.78 is 14.7. The molecular formula is C10H8BrFS2. The van der Waals surface area contributed by atoms with Gasteiger partial charge < -0.3 is 0 Å². The SMILES string of the molecule is CSc1cc2ccsc2c(F)c1CBr. The summed E-state index contributed by atoms with van der Waals surface area (Å²) in [6.45, 7) is 0. The van der Waals surface area contributed by atoms with E-state index in [2.05, 4.69) is 22.0 Å². The standard InChI is InChI=1S/C10H8BrFS2/c1-13-8-4-6-2-3-14-10(6)9(12)7(8)5-11/h2-4H,5H2,1H3. The Labute approximate surface area is 98.6 Å². The predicted octanol–water partition coefficient (Wildman–Crippen LogP) is 4.66. The second-order valence-corrected chi connectivity index (χ2v) is 5.17. The highest BCUT2D eigenvalue weighted by Gasteiger charge is 2.12. The first-order chi connectivity index (χ1) is 6.77. The normalized spacial score (nSPS) is 11.1. The Balaban J connectivity index is 2.79. The van der Waals surface area contributed by atoms with E-state index in [1.807, 2.05) is 17.7 Å². The number of hydrogen-bond donors (Lipinski definition) is 0. The van der Waals surface area contributed by atoms with Crippen LogP contribution in [-0.4, -0.2) is 6.26 Å². The summed E-state index contributed by atoms with van der Waals surface area (Å²) in [6.07, 6.45) is 1.97. The largest absolute Gasteiger partial charge is 0.205 e. The quantitative estimate of drug-likeness (QED) is 0.573. The Morgan fingerprint density at radius 1 is 1.57 bits per heavy atom. The molecule has 0 aliphatic rings. The first-order valence-corrected chi connectivity index (χ1v) is 7.29. The molecule has 2 aromatic rings. The van der Waals surface area contributed by atoms with Crippen LogP contribution in [0.5, 0.6) is 0 Å². The third-order valence-electron chi connectivity index (χ3n) is 2.10. The van der Waals surface area contributed by atoms with Gasteiger partial charge in [-0.15, -0.1) is 23.1 Å². The number of thiophene rings is 1. The number of thioether (sulfide) groups is 1. The van der Waals surface area contributed by atoms with Crippen molar-refractivity contribution in [2.75, 3.05) is 6.26 Å². The van der Waals surface area contributed by atoms with Crippen LogP contribution in [0.4, 0.5) is 4.39 Å². The zero-order valence-electron chi connectivity index (χ0n) is 7.51. The van der Waals surface area contributed by atoms with Crippen LogP contribution < -0.4 is 0 Å². The fourth-order valence-corrected chi connectivity index (χ4v) is 3.62. The molecule has 2 rings (SSSR count). The maximum atomic E-state index is 13.9. The van der Waals surface area contributed by atoms with E-state index >= 15 is 0 Å². The molecule has 14 heavy (non-hydrogen) atoms. The van der Waals surface area contributed by atoms with E-state index in [0.717, 1.165) is 20.5 Å². The molecule has 1 heterocycles. The highest BCUT2D eigenvalue weighted by atomic mass is 79.9. The van der Waals surface area contributed by atoms with Crippen molar-refractivity contribution in [3.05, 3.63) is 28.9 Å². The number of rotatable bonds is 2. The summed E-state index contributed by atoms with van der Waals surface area (Å²) in [6, 6.07) is 4.01. The minimum absolute atomic E-state index is 0.0706. The Bertz CT molecular complexity index is 464. The van der Waals surface area contributed by atoms with Gasteiger partial charge in [-0.2, -0.15) is 0 Å². The fourth-order valence-electron chi connectivity index (χ4n) is 1.39. The van der Waals surface area contributed by atoms with E-state index in [0.29, 0.717) is 5.33 Å². The summed E-state index contributed by atoms with van der Waals surface area (Å²) in [4.78, 5) is 1.02. The topological polar surface area (TPSA) is 0 Å². The molecule has 0 radical (unpaired) electrons. The minimum atomic E-state index is -0.0706. The highest BCUT2D eigenvalue weighted by Crippen LogP contribution is 2.34. The van der Waals surface area contributed by atoms with Crippen molar-refractivity contribution in [3.63, 3.8) is 0 Å². The summed E-state index contributed by atoms with van der Waals surface area (Å²) in [5.41, 5.74) is 0.771. The summed E-state index contributed by atoms with van der Waals surface area (Å²) in [5, 5.41) is 3.50. The zero-order valence-corrected chi connectivity index (χ0v) is 10.7. The van der Waals surface area contributed by atoms with Gasteiger partial charge in [0.25, 0.3) is 0 Å². The van der Waals surface area contributed by atoms with E-state index in [1.165, 1.54) is 11.3 Å². The smallest absolute Gasteiger partial charge is 0.146 e. The molecule has 1 aromatic carbocycles. The molecule has 74 valence electrons. The summed E-state index contributed by atoms with van der Waals surface area (Å²) >= 11 is 6.37. The number of hydrogen-bond acceptors (Lipinski definition) is 2. The van der Waals surface area contributed by atoms with Gasteiger partial charge >= 0.3 is 0 Å². The van der Waals surface area contributed by atoms with E-state index < -0.39 is 0 Å². The Hall–Kier alpha value is -0.0600. The first kappa shape index (κ1) is 10.5. The number of fused-ring (bicyclic) bond motifs is 1. The van der Waals surface area contributed by atoms with Gasteiger partial charge in [0.05, 0.1) is 4.70 Å². The van der Waals surface area contributed by atoms with E-state index in [9.17, 15) is 4.39 Å². The number of benzene rings is 1. The average Bonchev–Trinajstić information content (AvgIpc) is 2.65. The molecule has 0 fully saturated rings. The zero-order chi connectivity index (χ0) is 10.1. The lowest BCUT2D eigenvalue weighted by molar-refractivity contribution is 0.627. The van der Waals surface area contributed by atoms with Gasteiger partial charge in [-0.1, -0.05) is 15.9 Å². The van der Waals surface area contributed by atoms with Crippen molar-refractivity contribution >= 4 is 49.1 Å². The van der Waals surface area contributed by atoms with Crippen LogP contribution in [0.25, 0.3) is 10.1 Å². The molecule has 0 spiro atoms. The van der Waals surface area contributed by atoms with Crippen molar-refractivity contribution in [2.45, 2.75) is 10.2 Å². The summed E-state index contributed by atoms with van der Waals surface area (Å²) in [5.74, 6) is -0.0706. The van der Waals surface area contributed by atoms with Crippen LogP contribution in [0, 0.1) is 5.82 Å². The van der Waals surface area contributed by atoms with Gasteiger partial charge in [0, 0.05) is 15.8 Å². The molecule has 0 saturated carbocycles. The van der Waals surface area contributed by atoms with Gasteiger partial charge in [-0.05, 0) is 29.2 Å². The van der Waals surface area contributed by atoms with Crippen LogP contribution in [0.1, 0.15) is 5.56 Å². The lowest BCUT2D eigenvalue weighted by Gasteiger charge is -2.06. The molecule has 4 heteroatoms. The third-order valence-corrected chi connectivity index (χ3v) is 4.39. The minimum Gasteiger partial charge on any atom is -0.205 e. The lowest BCUT2D eigenvalue weighted by atomic mass is 10.2. The van der Waals surface area contributed by atoms with E-state index in [4.69, 9.17) is 0 Å². The third kappa shape index (κ3) is 1.59. The average molecular weight is 291 g/mol. The van der Waals surface area contributed by atoms with Crippen molar-refractivity contribution in [1.82, 2.24) is 0 Å². The highest BCUT2D eigenvalue weighted by molar-refractivity contribution is 9.08. The monoisotopic (exact) mass is 290 g/mol. The van der Waals surface area contributed by atoms with Crippen LogP contribution in [-0.2, 0) is 5.33 Å². The number of halogens is 2. The van der Waals surface area contributed by atoms with Crippen LogP contribution >= 0.6 is 39.0 Å². The molecule has 0 atom stereocenters. The molecule has 0 saturated heterocycles. The van der Waals surface area contributed by atoms with Crippen LogP contribution in [0.3, 0.4) is 0 Å². The molecule has 0 unspecified atom stereocenters. The van der Waals surface area contributed by atoms with Gasteiger partial charge in [0.15, 0.2) is 0 Å². The Morgan fingerprint density at radius 3 is 3.00 bits per heavy atom. The van der Waals surface area contributed by atoms with E-state index in [1.54, 1.807) is 11.8 Å². The molecule has 0 aliphatic carbocycles. The van der Waals surface area contributed by atoms with Crippen LogP contribution in [0.15, 0.2) is 22.4 Å². The second kappa shape index (κ2) is 4.21. The Kier molecular flexibility index (Phi) is 3.14. The van der Waals surface area contributed by atoms with Crippen molar-refractivity contribution < 1.29 is 4.39 Å². The molecule has 0 nitrogen and oxygen atoms in total.